The number of hydrogen-bond acceptors (Lipinski definition) is 3. The summed E-state index contributed by atoms with van der Waals surface area (Å²) in [5, 5.41) is 3.40. The van der Waals surface area contributed by atoms with Crippen molar-refractivity contribution in [1.82, 2.24) is 10.2 Å². The molecule has 0 radical (unpaired) electrons. The van der Waals surface area contributed by atoms with Gasteiger partial charge in [-0.05, 0) is 25.2 Å². The third kappa shape index (κ3) is 2.47. The smallest absolute Gasteiger partial charge is 0.0114 e. The van der Waals surface area contributed by atoms with Gasteiger partial charge in [0.1, 0.15) is 0 Å². The highest BCUT2D eigenvalue weighted by molar-refractivity contribution is 4.86. The Balaban J connectivity index is 1.88. The summed E-state index contributed by atoms with van der Waals surface area (Å²) in [7, 11) is 0. The molecule has 14 heavy (non-hydrogen) atoms. The number of piperazine rings is 1. The summed E-state index contributed by atoms with van der Waals surface area (Å²) in [6, 6.07) is 1.20. The normalized spacial score (nSPS) is 41.1. The zero-order valence-electron chi connectivity index (χ0n) is 9.21. The third-order valence-corrected chi connectivity index (χ3v) is 3.62. The summed E-state index contributed by atoms with van der Waals surface area (Å²) in [6.07, 6.45) is 3.79. The fraction of sp³-hybridized carbons (Fsp3) is 1.00. The van der Waals surface area contributed by atoms with Crippen LogP contribution in [-0.4, -0.2) is 43.2 Å². The monoisotopic (exact) mass is 197 g/mol. The number of hydrogen-bond donors (Lipinski definition) is 2. The molecule has 0 bridgehead atoms. The molecule has 1 saturated carbocycles. The summed E-state index contributed by atoms with van der Waals surface area (Å²) >= 11 is 0. The van der Waals surface area contributed by atoms with E-state index in [1.165, 1.54) is 32.4 Å². The van der Waals surface area contributed by atoms with E-state index >= 15 is 0 Å². The summed E-state index contributed by atoms with van der Waals surface area (Å²) in [6.45, 7) is 7.07. The van der Waals surface area contributed by atoms with Gasteiger partial charge in [-0.1, -0.05) is 6.92 Å². The molecule has 2 rings (SSSR count). The molecule has 1 saturated heterocycles. The summed E-state index contributed by atoms with van der Waals surface area (Å²) in [5.74, 6) is 0.818. The Morgan fingerprint density at radius 1 is 1.14 bits per heavy atom. The van der Waals surface area contributed by atoms with Crippen LogP contribution in [0.3, 0.4) is 0 Å². The second-order valence-electron chi connectivity index (χ2n) is 5.01. The maximum atomic E-state index is 6.08. The summed E-state index contributed by atoms with van der Waals surface area (Å²) in [5.41, 5.74) is 6.08. The standard InChI is InChI=1S/C11H23N3/c1-9-6-10(12)8-11(7-9)14-4-2-13-3-5-14/h9-11,13H,2-8,12H2,1H3. The average molecular weight is 197 g/mol. The Kier molecular flexibility index (Phi) is 3.42. The van der Waals surface area contributed by atoms with Crippen LogP contribution in [0.1, 0.15) is 26.2 Å². The first-order chi connectivity index (χ1) is 6.75. The van der Waals surface area contributed by atoms with E-state index in [1.807, 2.05) is 0 Å². The van der Waals surface area contributed by atoms with Crippen molar-refractivity contribution >= 4 is 0 Å². The van der Waals surface area contributed by atoms with Gasteiger partial charge in [0.2, 0.25) is 0 Å². The molecule has 3 N–H and O–H groups in total. The van der Waals surface area contributed by atoms with Gasteiger partial charge in [-0.25, -0.2) is 0 Å². The lowest BCUT2D eigenvalue weighted by Gasteiger charge is -2.40. The van der Waals surface area contributed by atoms with Gasteiger partial charge in [-0.2, -0.15) is 0 Å². The molecule has 0 aromatic rings. The van der Waals surface area contributed by atoms with Gasteiger partial charge >= 0.3 is 0 Å². The molecule has 0 aromatic heterocycles. The van der Waals surface area contributed by atoms with E-state index in [2.05, 4.69) is 17.1 Å². The average Bonchev–Trinajstić information content (AvgIpc) is 2.18. The van der Waals surface area contributed by atoms with Crippen molar-refractivity contribution in [2.75, 3.05) is 26.2 Å². The molecule has 0 aromatic carbocycles. The zero-order chi connectivity index (χ0) is 9.97. The molecule has 3 atom stereocenters. The van der Waals surface area contributed by atoms with Crippen molar-refractivity contribution in [1.29, 1.82) is 0 Å². The van der Waals surface area contributed by atoms with Gasteiger partial charge in [-0.3, -0.25) is 4.90 Å². The van der Waals surface area contributed by atoms with Gasteiger partial charge in [0, 0.05) is 38.3 Å². The van der Waals surface area contributed by atoms with Crippen molar-refractivity contribution in [3.05, 3.63) is 0 Å². The SMILES string of the molecule is CC1CC(N)CC(N2CCNCC2)C1. The number of nitrogens with one attached hydrogen (secondary N) is 1. The molecular weight excluding hydrogens is 174 g/mol. The second-order valence-corrected chi connectivity index (χ2v) is 5.01. The first-order valence-electron chi connectivity index (χ1n) is 5.96. The molecule has 0 amide bonds. The van der Waals surface area contributed by atoms with E-state index in [9.17, 15) is 0 Å². The molecule has 3 nitrogen and oxygen atoms in total. The third-order valence-electron chi connectivity index (χ3n) is 3.62. The Morgan fingerprint density at radius 3 is 2.50 bits per heavy atom. The lowest BCUT2D eigenvalue weighted by molar-refractivity contribution is 0.111. The molecule has 2 aliphatic rings. The van der Waals surface area contributed by atoms with Crippen LogP contribution in [0, 0.1) is 5.92 Å². The topological polar surface area (TPSA) is 41.3 Å². The predicted molar refractivity (Wildman–Crippen MR) is 59.2 cm³/mol. The first-order valence-corrected chi connectivity index (χ1v) is 5.96. The van der Waals surface area contributed by atoms with Crippen LogP contribution in [0.4, 0.5) is 0 Å². The van der Waals surface area contributed by atoms with E-state index < -0.39 is 0 Å². The largest absolute Gasteiger partial charge is 0.328 e. The molecule has 3 unspecified atom stereocenters. The van der Waals surface area contributed by atoms with Crippen molar-refractivity contribution in [2.45, 2.75) is 38.3 Å². The van der Waals surface area contributed by atoms with Crippen LogP contribution >= 0.6 is 0 Å². The van der Waals surface area contributed by atoms with Crippen molar-refractivity contribution in [3.8, 4) is 0 Å². The van der Waals surface area contributed by atoms with Crippen LogP contribution in [-0.2, 0) is 0 Å². The van der Waals surface area contributed by atoms with E-state index in [0.717, 1.165) is 25.0 Å². The van der Waals surface area contributed by atoms with Gasteiger partial charge in [-0.15, -0.1) is 0 Å². The highest BCUT2D eigenvalue weighted by atomic mass is 15.2. The van der Waals surface area contributed by atoms with Crippen molar-refractivity contribution in [3.63, 3.8) is 0 Å². The lowest BCUT2D eigenvalue weighted by Crippen LogP contribution is -2.52. The van der Waals surface area contributed by atoms with Crippen molar-refractivity contribution < 1.29 is 0 Å². The summed E-state index contributed by atoms with van der Waals surface area (Å²) in [4.78, 5) is 2.63. The zero-order valence-corrected chi connectivity index (χ0v) is 9.21. The Hall–Kier alpha value is -0.120. The van der Waals surface area contributed by atoms with Crippen LogP contribution in [0.5, 0.6) is 0 Å². The van der Waals surface area contributed by atoms with E-state index in [-0.39, 0.29) is 0 Å². The minimum absolute atomic E-state index is 0.443. The van der Waals surface area contributed by atoms with Gasteiger partial charge in [0.05, 0.1) is 0 Å². The fourth-order valence-corrected chi connectivity index (χ4v) is 2.96. The van der Waals surface area contributed by atoms with Gasteiger partial charge in [0.15, 0.2) is 0 Å². The molecule has 1 aliphatic carbocycles. The number of nitrogens with zero attached hydrogens (tertiary/aromatic N) is 1. The Bertz CT molecular complexity index is 167. The lowest BCUT2D eigenvalue weighted by atomic mass is 9.83. The molecule has 82 valence electrons. The maximum Gasteiger partial charge on any atom is 0.0114 e. The van der Waals surface area contributed by atoms with E-state index in [0.29, 0.717) is 6.04 Å². The Morgan fingerprint density at radius 2 is 1.86 bits per heavy atom. The van der Waals surface area contributed by atoms with Gasteiger partial charge in [0.25, 0.3) is 0 Å². The van der Waals surface area contributed by atoms with Crippen LogP contribution in [0.15, 0.2) is 0 Å². The number of nitrogens with two attached hydrogens (primary N) is 1. The Labute approximate surface area is 87.0 Å². The molecule has 1 heterocycles. The highest BCUT2D eigenvalue weighted by Gasteiger charge is 2.28. The summed E-state index contributed by atoms with van der Waals surface area (Å²) < 4.78 is 0. The molecule has 2 fully saturated rings. The predicted octanol–water partition coefficient (Wildman–Crippen LogP) is 0.408. The molecular formula is C11H23N3. The fourth-order valence-electron chi connectivity index (χ4n) is 2.96. The quantitative estimate of drug-likeness (QED) is 0.639. The van der Waals surface area contributed by atoms with Crippen LogP contribution in [0.2, 0.25) is 0 Å². The van der Waals surface area contributed by atoms with Gasteiger partial charge < -0.3 is 11.1 Å². The van der Waals surface area contributed by atoms with E-state index in [1.54, 1.807) is 0 Å². The second kappa shape index (κ2) is 4.60. The molecule has 1 aliphatic heterocycles. The van der Waals surface area contributed by atoms with E-state index in [4.69, 9.17) is 5.73 Å². The highest BCUT2D eigenvalue weighted by Crippen LogP contribution is 2.26. The molecule has 0 spiro atoms. The molecule has 3 heteroatoms. The van der Waals surface area contributed by atoms with Crippen LogP contribution < -0.4 is 11.1 Å². The minimum Gasteiger partial charge on any atom is -0.328 e. The maximum absolute atomic E-state index is 6.08. The first kappa shape index (κ1) is 10.4. The minimum atomic E-state index is 0.443. The van der Waals surface area contributed by atoms with Crippen LogP contribution in [0.25, 0.3) is 0 Å². The van der Waals surface area contributed by atoms with Crippen molar-refractivity contribution in [2.24, 2.45) is 11.7 Å². The number of rotatable bonds is 1.